The molecule has 2 fully saturated rings. The topological polar surface area (TPSA) is 285 Å². The van der Waals surface area contributed by atoms with Crippen LogP contribution >= 0.6 is 61.2 Å². The van der Waals surface area contributed by atoms with Gasteiger partial charge in [0.05, 0.1) is 41.9 Å². The molecule has 2 aliphatic rings. The fourth-order valence-electron chi connectivity index (χ4n) is 8.40. The van der Waals surface area contributed by atoms with Gasteiger partial charge in [-0.25, -0.2) is 36.3 Å². The van der Waals surface area contributed by atoms with E-state index in [9.17, 15) is 64.3 Å². The molecule has 0 radical (unpaired) electrons. The molecule has 0 spiro atoms. The van der Waals surface area contributed by atoms with E-state index >= 15 is 0 Å². The molecule has 4 heterocycles. The Morgan fingerprint density at radius 1 is 0.591 bits per heavy atom. The SMILES string of the molecule is CN(C)C(=O)Cc1cc(Oc2ccc(NC(=O)c3cn(CC4CC4)c(=O)n(-c4ccc(F)cc4)c3=O)cc2F)ccn1.CN(C)C(=O)Cc1cc(Oc2ccc(NC(=O)c3cn(CC4CC4)c(=O)n(-c4ccc(F)cc4)c3=O)cc2F)ccn1.CS(=O)(=O)O.I.I[I-]I. The Labute approximate surface area is 575 Å². The molecular formula is C61H59F4I4N10O13S-. The summed E-state index contributed by atoms with van der Waals surface area (Å²) in [6.07, 6.45) is 9.80. The van der Waals surface area contributed by atoms with E-state index in [4.69, 9.17) is 14.0 Å². The van der Waals surface area contributed by atoms with Crippen molar-refractivity contribution in [2.24, 2.45) is 11.8 Å². The number of halogens is 8. The van der Waals surface area contributed by atoms with E-state index in [1.807, 2.05) is 0 Å². The number of nitrogens with one attached hydrogen (secondary N) is 2. The molecule has 2 aliphatic carbocycles. The number of benzene rings is 4. The van der Waals surface area contributed by atoms with Gasteiger partial charge in [-0.3, -0.25) is 52.4 Å². The Morgan fingerprint density at radius 2 is 0.925 bits per heavy atom. The predicted octanol–water partition coefficient (Wildman–Crippen LogP) is 6.41. The summed E-state index contributed by atoms with van der Waals surface area (Å²) in [7, 11) is 2.85. The molecule has 4 amide bonds. The van der Waals surface area contributed by atoms with Crippen LogP contribution in [0.15, 0.2) is 153 Å². The molecule has 2 saturated carbocycles. The molecule has 8 aromatic rings. The van der Waals surface area contributed by atoms with Gasteiger partial charge in [0.25, 0.3) is 33.1 Å². The van der Waals surface area contributed by atoms with Gasteiger partial charge < -0.3 is 29.9 Å². The Hall–Kier alpha value is -7.43. The van der Waals surface area contributed by atoms with Crippen molar-refractivity contribution in [1.29, 1.82) is 0 Å². The van der Waals surface area contributed by atoms with Gasteiger partial charge in [-0.15, -0.1) is 24.0 Å². The van der Waals surface area contributed by atoms with Gasteiger partial charge >= 0.3 is 61.9 Å². The first kappa shape index (κ1) is 74.6. The fourth-order valence-corrected chi connectivity index (χ4v) is 8.40. The number of nitrogens with zero attached hydrogens (tertiary/aromatic N) is 8. The van der Waals surface area contributed by atoms with Gasteiger partial charge in [0.1, 0.15) is 34.3 Å². The van der Waals surface area contributed by atoms with Crippen LogP contribution in [0.1, 0.15) is 57.8 Å². The number of carbonyl (C=O) groups is 4. The Balaban J connectivity index is 0.000000262. The standard InChI is InChI=1S/2C30H27F2N5O5.CH4O3S.I3.HI/c2*1-35(2)27(38)15-21-13-23(11-12-33-21)42-26-10-7-20(14-25(26)32)34-28(39)24-17-36(16-18-3-4-18)30(41)37(29(24)40)22-8-5-19(31)6-9-22;1-5(2,3)4;1-3-2;/h2*5-14,17-18H,3-4,15-16H2,1-2H3,(H,34,39);1H3,(H,2,3,4);;1H/q;;;-1;. The summed E-state index contributed by atoms with van der Waals surface area (Å²) >= 11 is 5.30. The van der Waals surface area contributed by atoms with Crippen LogP contribution in [0, 0.1) is 35.1 Å². The van der Waals surface area contributed by atoms with Crippen LogP contribution in [0.25, 0.3) is 11.4 Å². The first-order valence-electron chi connectivity index (χ1n) is 27.5. The second kappa shape index (κ2) is 34.1. The van der Waals surface area contributed by atoms with Crippen molar-refractivity contribution >= 4 is 106 Å². The first-order valence-corrected chi connectivity index (χ1v) is 41.9. The number of anilines is 2. The number of hydrogen-bond acceptors (Lipinski definition) is 14. The third-order valence-electron chi connectivity index (χ3n) is 13.3. The minimum atomic E-state index is -3.67. The van der Waals surface area contributed by atoms with Crippen LogP contribution in [0.3, 0.4) is 0 Å². The molecule has 3 N–H and O–H groups in total. The third-order valence-corrected chi connectivity index (χ3v) is 13.3. The summed E-state index contributed by atoms with van der Waals surface area (Å²) in [6, 6.07) is 23.1. The summed E-state index contributed by atoms with van der Waals surface area (Å²) in [4.78, 5) is 114. The van der Waals surface area contributed by atoms with Gasteiger partial charge in [0, 0.05) is 102 Å². The zero-order chi connectivity index (χ0) is 67.1. The van der Waals surface area contributed by atoms with E-state index in [-0.39, 0.29) is 117 Å². The van der Waals surface area contributed by atoms with E-state index < -0.39 is 67.7 Å². The average molecular weight is 1760 g/mol. The number of amides is 4. The summed E-state index contributed by atoms with van der Waals surface area (Å²) in [5.74, 6) is -3.92. The van der Waals surface area contributed by atoms with E-state index in [2.05, 4.69) is 57.8 Å². The Morgan fingerprint density at radius 3 is 1.23 bits per heavy atom. The van der Waals surface area contributed by atoms with Crippen molar-refractivity contribution < 1.29 is 72.4 Å². The predicted molar refractivity (Wildman–Crippen MR) is 361 cm³/mol. The second-order valence-electron chi connectivity index (χ2n) is 21.2. The molecule has 23 nitrogen and oxygen atoms in total. The van der Waals surface area contributed by atoms with Gasteiger partial charge in [0.2, 0.25) is 11.8 Å². The fraction of sp³-hybridized carbons (Fsp3) is 0.246. The normalized spacial score (nSPS) is 12.2. The number of likely N-dealkylation sites (N-methyl/N-ethyl adjacent to an activating group) is 2. The van der Waals surface area contributed by atoms with Gasteiger partial charge in [0.15, 0.2) is 23.1 Å². The third kappa shape index (κ3) is 22.4. The summed E-state index contributed by atoms with van der Waals surface area (Å²) in [5.41, 5.74) is -2.53. The molecule has 10 rings (SSSR count). The maximum absolute atomic E-state index is 15.0. The molecule has 4 aromatic heterocycles. The molecule has 0 saturated heterocycles. The molecule has 32 heteroatoms. The van der Waals surface area contributed by atoms with Crippen molar-refractivity contribution in [3.05, 3.63) is 221 Å². The van der Waals surface area contributed by atoms with Crippen LogP contribution in [-0.2, 0) is 45.6 Å². The minimum absolute atomic E-state index is 0. The monoisotopic (exact) mass is 1760 g/mol. The van der Waals surface area contributed by atoms with Crippen LogP contribution < -0.4 is 55.9 Å². The Kier molecular flexibility index (Phi) is 27.4. The Bertz CT molecular complexity index is 4130. The number of pyridine rings is 2. The van der Waals surface area contributed by atoms with E-state index in [0.717, 1.165) is 71.2 Å². The van der Waals surface area contributed by atoms with Crippen molar-refractivity contribution in [2.75, 3.05) is 45.1 Å². The van der Waals surface area contributed by atoms with Crippen molar-refractivity contribution in [1.82, 2.24) is 38.0 Å². The molecule has 93 heavy (non-hydrogen) atoms. The summed E-state index contributed by atoms with van der Waals surface area (Å²) < 4.78 is 98.3. The van der Waals surface area contributed by atoms with Crippen molar-refractivity contribution in [3.63, 3.8) is 0 Å². The molecule has 494 valence electrons. The second-order valence-corrected chi connectivity index (χ2v) is 38.9. The van der Waals surface area contributed by atoms with Crippen molar-refractivity contribution in [3.8, 4) is 34.4 Å². The number of aromatic nitrogens is 6. The van der Waals surface area contributed by atoms with E-state index in [1.165, 1.54) is 117 Å². The number of carbonyl (C=O) groups excluding carboxylic acids is 4. The van der Waals surface area contributed by atoms with E-state index in [0.29, 0.717) is 44.0 Å². The van der Waals surface area contributed by atoms with Crippen LogP contribution in [0.4, 0.5) is 28.9 Å². The van der Waals surface area contributed by atoms with Crippen LogP contribution in [-0.4, -0.2) is 109 Å². The molecule has 0 bridgehead atoms. The number of hydrogen-bond donors (Lipinski definition) is 3. The summed E-state index contributed by atoms with van der Waals surface area (Å²) in [6.45, 7) is 0.641. The van der Waals surface area contributed by atoms with Crippen LogP contribution in [0.2, 0.25) is 0 Å². The zero-order valence-corrected chi connectivity index (χ0v) is 59.5. The zero-order valence-electron chi connectivity index (χ0n) is 49.9. The van der Waals surface area contributed by atoms with E-state index in [1.54, 1.807) is 28.2 Å². The number of ether oxygens (including phenoxy) is 2. The maximum atomic E-state index is 15.0. The van der Waals surface area contributed by atoms with Gasteiger partial charge in [-0.05, 0) is 122 Å². The van der Waals surface area contributed by atoms with Crippen LogP contribution in [0.5, 0.6) is 23.0 Å². The molecular weight excluding hydrogens is 1700 g/mol. The first-order chi connectivity index (χ1) is 43.6. The molecule has 0 unspecified atom stereocenters. The number of rotatable bonds is 18. The quantitative estimate of drug-likeness (QED) is 0.0475. The molecule has 0 atom stereocenters. The van der Waals surface area contributed by atoms with Crippen molar-refractivity contribution in [2.45, 2.75) is 51.6 Å². The van der Waals surface area contributed by atoms with Gasteiger partial charge in [-0.1, -0.05) is 0 Å². The average Bonchev–Trinajstić information content (AvgIpc) is 1.79. The molecule has 4 aromatic carbocycles. The van der Waals surface area contributed by atoms with Gasteiger partial charge in [-0.2, -0.15) is 8.42 Å². The summed E-state index contributed by atoms with van der Waals surface area (Å²) in [5, 5.41) is 5.00. The molecule has 0 aliphatic heterocycles.